The first kappa shape index (κ1) is 15.5. The zero-order valence-electron chi connectivity index (χ0n) is 12.0. The molecule has 0 aliphatic carbocycles. The molecule has 0 saturated heterocycles. The van der Waals surface area contributed by atoms with Crippen LogP contribution in [-0.2, 0) is 4.79 Å². The number of hydrogen-bond acceptors (Lipinski definition) is 3. The zero-order chi connectivity index (χ0) is 14.1. The maximum Gasteiger partial charge on any atom is 0.225 e. The summed E-state index contributed by atoms with van der Waals surface area (Å²) in [5.41, 5.74) is 0.802. The number of amides is 1. The Bertz CT molecular complexity index is 374. The Morgan fingerprint density at radius 1 is 1.21 bits per heavy atom. The minimum atomic E-state index is 0.0288. The highest BCUT2D eigenvalue weighted by Gasteiger charge is 2.02. The van der Waals surface area contributed by atoms with Gasteiger partial charge < -0.3 is 15.4 Å². The number of ether oxygens (including phenoxy) is 1. The van der Waals surface area contributed by atoms with Crippen LogP contribution in [0.15, 0.2) is 24.3 Å². The van der Waals surface area contributed by atoms with E-state index in [0.717, 1.165) is 24.4 Å². The molecule has 1 aromatic rings. The number of nitrogens with one attached hydrogen (secondary N) is 2. The van der Waals surface area contributed by atoms with Crippen molar-refractivity contribution < 1.29 is 9.53 Å². The summed E-state index contributed by atoms with van der Waals surface area (Å²) in [4.78, 5) is 11.7. The third-order valence-corrected chi connectivity index (χ3v) is 2.47. The molecule has 0 aliphatic heterocycles. The maximum absolute atomic E-state index is 11.7. The van der Waals surface area contributed by atoms with Crippen molar-refractivity contribution in [2.45, 2.75) is 39.7 Å². The van der Waals surface area contributed by atoms with Crippen molar-refractivity contribution in [3.63, 3.8) is 0 Å². The third-order valence-electron chi connectivity index (χ3n) is 2.47. The molecule has 1 rings (SSSR count). The quantitative estimate of drug-likeness (QED) is 0.710. The van der Waals surface area contributed by atoms with Gasteiger partial charge in [-0.05, 0) is 51.1 Å². The van der Waals surface area contributed by atoms with Crippen molar-refractivity contribution in [3.8, 4) is 5.75 Å². The van der Waals surface area contributed by atoms with Gasteiger partial charge in [-0.3, -0.25) is 4.79 Å². The van der Waals surface area contributed by atoms with Gasteiger partial charge in [-0.2, -0.15) is 0 Å². The minimum Gasteiger partial charge on any atom is -0.491 e. The molecule has 0 atom stereocenters. The van der Waals surface area contributed by atoms with Crippen LogP contribution in [0.5, 0.6) is 5.75 Å². The summed E-state index contributed by atoms with van der Waals surface area (Å²) < 4.78 is 5.54. The Morgan fingerprint density at radius 2 is 1.89 bits per heavy atom. The number of carbonyl (C=O) groups excluding carboxylic acids is 1. The molecule has 0 aromatic heterocycles. The van der Waals surface area contributed by atoms with Gasteiger partial charge in [-0.25, -0.2) is 0 Å². The highest BCUT2D eigenvalue weighted by atomic mass is 16.5. The summed E-state index contributed by atoms with van der Waals surface area (Å²) in [7, 11) is 0. The predicted octanol–water partition coefficient (Wildman–Crippen LogP) is 2.80. The Balaban J connectivity index is 2.34. The molecule has 0 unspecified atom stereocenters. The first-order valence-corrected chi connectivity index (χ1v) is 6.89. The van der Waals surface area contributed by atoms with Crippen LogP contribution in [0, 0.1) is 0 Å². The largest absolute Gasteiger partial charge is 0.491 e. The maximum atomic E-state index is 11.7. The van der Waals surface area contributed by atoms with Crippen LogP contribution >= 0.6 is 0 Å². The molecular formula is C15H24N2O2. The summed E-state index contributed by atoms with van der Waals surface area (Å²) in [6.45, 7) is 7.74. The number of carbonyl (C=O) groups is 1. The van der Waals surface area contributed by atoms with Crippen molar-refractivity contribution in [2.24, 2.45) is 0 Å². The first-order valence-electron chi connectivity index (χ1n) is 6.89. The molecule has 106 valence electrons. The molecule has 4 heteroatoms. The highest BCUT2D eigenvalue weighted by molar-refractivity contribution is 5.90. The van der Waals surface area contributed by atoms with Gasteiger partial charge in [0.1, 0.15) is 5.75 Å². The van der Waals surface area contributed by atoms with Gasteiger partial charge in [0.25, 0.3) is 0 Å². The van der Waals surface area contributed by atoms with Gasteiger partial charge in [0.15, 0.2) is 0 Å². The van der Waals surface area contributed by atoms with Crippen molar-refractivity contribution in [1.82, 2.24) is 5.32 Å². The van der Waals surface area contributed by atoms with Crippen molar-refractivity contribution >= 4 is 11.6 Å². The average Bonchev–Trinajstić information content (AvgIpc) is 2.36. The van der Waals surface area contributed by atoms with E-state index in [4.69, 9.17) is 4.74 Å². The van der Waals surface area contributed by atoms with Crippen LogP contribution in [-0.4, -0.2) is 25.1 Å². The Labute approximate surface area is 115 Å². The van der Waals surface area contributed by atoms with Crippen LogP contribution in [0.3, 0.4) is 0 Å². The van der Waals surface area contributed by atoms with Crippen LogP contribution in [0.4, 0.5) is 5.69 Å². The molecule has 1 aromatic carbocycles. The van der Waals surface area contributed by atoms with E-state index < -0.39 is 0 Å². The summed E-state index contributed by atoms with van der Waals surface area (Å²) in [6.07, 6.45) is 1.73. The van der Waals surface area contributed by atoms with Gasteiger partial charge in [0.2, 0.25) is 5.91 Å². The first-order chi connectivity index (χ1) is 9.11. The number of benzene rings is 1. The fourth-order valence-corrected chi connectivity index (χ4v) is 1.62. The number of rotatable bonds is 8. The zero-order valence-corrected chi connectivity index (χ0v) is 12.0. The monoisotopic (exact) mass is 264 g/mol. The lowest BCUT2D eigenvalue weighted by Gasteiger charge is -2.10. The lowest BCUT2D eigenvalue weighted by Crippen LogP contribution is -2.22. The molecule has 19 heavy (non-hydrogen) atoms. The van der Waals surface area contributed by atoms with Crippen LogP contribution < -0.4 is 15.4 Å². The standard InChI is InChI=1S/C15H24N2O2/c1-4-10-16-11-9-15(18)17-13-5-7-14(8-6-13)19-12(2)3/h5-8,12,16H,4,9-11H2,1-3H3,(H,17,18). The van der Waals surface area contributed by atoms with Gasteiger partial charge in [-0.15, -0.1) is 0 Å². The molecule has 1 amide bonds. The second-order valence-corrected chi connectivity index (χ2v) is 4.74. The van der Waals surface area contributed by atoms with Crippen molar-refractivity contribution in [2.75, 3.05) is 18.4 Å². The van der Waals surface area contributed by atoms with E-state index in [1.54, 1.807) is 0 Å². The summed E-state index contributed by atoms with van der Waals surface area (Å²) in [5, 5.41) is 6.07. The second kappa shape index (κ2) is 8.53. The molecule has 4 nitrogen and oxygen atoms in total. The lowest BCUT2D eigenvalue weighted by atomic mass is 10.3. The SMILES string of the molecule is CCCNCCC(=O)Nc1ccc(OC(C)C)cc1. The van der Waals surface area contributed by atoms with Gasteiger partial charge in [-0.1, -0.05) is 6.92 Å². The summed E-state index contributed by atoms with van der Waals surface area (Å²) >= 11 is 0. The van der Waals surface area contributed by atoms with E-state index >= 15 is 0 Å². The fourth-order valence-electron chi connectivity index (χ4n) is 1.62. The minimum absolute atomic E-state index is 0.0288. The third kappa shape index (κ3) is 6.82. The molecule has 0 radical (unpaired) electrons. The average molecular weight is 264 g/mol. The molecular weight excluding hydrogens is 240 g/mol. The molecule has 0 fully saturated rings. The molecule has 0 bridgehead atoms. The topological polar surface area (TPSA) is 50.4 Å². The summed E-state index contributed by atoms with van der Waals surface area (Å²) in [6, 6.07) is 7.44. The van der Waals surface area contributed by atoms with E-state index in [2.05, 4.69) is 17.6 Å². The van der Waals surface area contributed by atoms with Gasteiger partial charge in [0.05, 0.1) is 6.10 Å². The Kier molecular flexibility index (Phi) is 6.97. The van der Waals surface area contributed by atoms with E-state index in [1.807, 2.05) is 38.1 Å². The Morgan fingerprint density at radius 3 is 2.47 bits per heavy atom. The summed E-state index contributed by atoms with van der Waals surface area (Å²) in [5.74, 6) is 0.846. The molecule has 0 aliphatic rings. The fraction of sp³-hybridized carbons (Fsp3) is 0.533. The van der Waals surface area contributed by atoms with E-state index in [-0.39, 0.29) is 12.0 Å². The molecule has 0 heterocycles. The highest BCUT2D eigenvalue weighted by Crippen LogP contribution is 2.16. The van der Waals surface area contributed by atoms with E-state index in [0.29, 0.717) is 13.0 Å². The molecule has 0 spiro atoms. The van der Waals surface area contributed by atoms with Gasteiger partial charge >= 0.3 is 0 Å². The van der Waals surface area contributed by atoms with Crippen LogP contribution in [0.1, 0.15) is 33.6 Å². The normalized spacial score (nSPS) is 10.5. The van der Waals surface area contributed by atoms with Gasteiger partial charge in [0, 0.05) is 18.7 Å². The van der Waals surface area contributed by atoms with E-state index in [9.17, 15) is 4.79 Å². The smallest absolute Gasteiger partial charge is 0.225 e. The van der Waals surface area contributed by atoms with Crippen LogP contribution in [0.2, 0.25) is 0 Å². The second-order valence-electron chi connectivity index (χ2n) is 4.74. The molecule has 0 saturated carbocycles. The van der Waals surface area contributed by atoms with E-state index in [1.165, 1.54) is 0 Å². The number of hydrogen-bond donors (Lipinski definition) is 2. The molecule has 2 N–H and O–H groups in total. The van der Waals surface area contributed by atoms with Crippen LogP contribution in [0.25, 0.3) is 0 Å². The lowest BCUT2D eigenvalue weighted by molar-refractivity contribution is -0.116. The van der Waals surface area contributed by atoms with Crippen molar-refractivity contribution in [1.29, 1.82) is 0 Å². The number of anilines is 1. The Hall–Kier alpha value is -1.55. The van der Waals surface area contributed by atoms with Crippen molar-refractivity contribution in [3.05, 3.63) is 24.3 Å². The predicted molar refractivity (Wildman–Crippen MR) is 78.6 cm³/mol.